The lowest BCUT2D eigenvalue weighted by atomic mass is 10.2. The zero-order chi connectivity index (χ0) is 19.9. The number of halogens is 1. The van der Waals surface area contributed by atoms with Crippen LogP contribution in [0.15, 0.2) is 77.3 Å². The lowest BCUT2D eigenvalue weighted by molar-refractivity contribution is -0.115. The highest BCUT2D eigenvalue weighted by Crippen LogP contribution is 2.29. The van der Waals surface area contributed by atoms with Gasteiger partial charge >= 0.3 is 0 Å². The van der Waals surface area contributed by atoms with Crippen LogP contribution in [-0.4, -0.2) is 18.4 Å². The van der Waals surface area contributed by atoms with Crippen molar-refractivity contribution in [3.63, 3.8) is 0 Å². The second-order valence-corrected chi connectivity index (χ2v) is 7.07. The monoisotopic (exact) mass is 438 g/mol. The van der Waals surface area contributed by atoms with E-state index in [0.29, 0.717) is 22.7 Å². The van der Waals surface area contributed by atoms with Gasteiger partial charge in [0, 0.05) is 10.0 Å². The average molecular weight is 439 g/mol. The fourth-order valence-electron chi connectivity index (χ4n) is 2.52. The zero-order valence-corrected chi connectivity index (χ0v) is 16.8. The zero-order valence-electron chi connectivity index (χ0n) is 15.2. The molecular formula is C22H19BrN2O3. The minimum Gasteiger partial charge on any atom is -0.455 e. The number of carbonyl (C=O) groups excluding carboxylic acids is 2. The second-order valence-electron chi connectivity index (χ2n) is 6.15. The Labute approximate surface area is 171 Å². The van der Waals surface area contributed by atoms with E-state index in [1.807, 2.05) is 37.3 Å². The molecule has 0 aliphatic heterocycles. The van der Waals surface area contributed by atoms with Gasteiger partial charge in [-0.1, -0.05) is 40.2 Å². The van der Waals surface area contributed by atoms with E-state index in [1.165, 1.54) is 0 Å². The summed E-state index contributed by atoms with van der Waals surface area (Å²) in [7, 11) is 0. The van der Waals surface area contributed by atoms with Crippen LogP contribution < -0.4 is 15.4 Å². The smallest absolute Gasteiger partial charge is 0.251 e. The maximum Gasteiger partial charge on any atom is 0.251 e. The summed E-state index contributed by atoms with van der Waals surface area (Å²) in [5.41, 5.74) is 2.10. The average Bonchev–Trinajstić information content (AvgIpc) is 2.68. The summed E-state index contributed by atoms with van der Waals surface area (Å²) in [4.78, 5) is 24.4. The van der Waals surface area contributed by atoms with Gasteiger partial charge in [-0.15, -0.1) is 0 Å². The minimum absolute atomic E-state index is 0.145. The lowest BCUT2D eigenvalue weighted by Crippen LogP contribution is -2.32. The first-order valence-corrected chi connectivity index (χ1v) is 9.48. The fraction of sp³-hybridized carbons (Fsp3) is 0.0909. The van der Waals surface area contributed by atoms with E-state index >= 15 is 0 Å². The van der Waals surface area contributed by atoms with E-state index in [1.54, 1.807) is 42.5 Å². The number of para-hydroxylation sites is 2. The van der Waals surface area contributed by atoms with Gasteiger partial charge in [0.2, 0.25) is 5.91 Å². The molecule has 0 aliphatic rings. The number of aryl methyl sites for hydroxylation is 1. The largest absolute Gasteiger partial charge is 0.455 e. The molecular weight excluding hydrogens is 420 g/mol. The molecule has 0 aromatic heterocycles. The molecule has 0 heterocycles. The van der Waals surface area contributed by atoms with Gasteiger partial charge in [0.15, 0.2) is 5.75 Å². The van der Waals surface area contributed by atoms with Gasteiger partial charge in [0.1, 0.15) is 5.75 Å². The minimum atomic E-state index is -0.342. The van der Waals surface area contributed by atoms with Gasteiger partial charge in [-0.3, -0.25) is 9.59 Å². The summed E-state index contributed by atoms with van der Waals surface area (Å²) >= 11 is 3.32. The number of amides is 2. The maximum atomic E-state index is 12.3. The third-order valence-electron chi connectivity index (χ3n) is 3.89. The standard InChI is InChI=1S/C22H19BrN2O3/c1-15-5-4-6-18(13-15)28-20-8-3-2-7-19(20)25-21(26)14-24-22(27)16-9-11-17(23)12-10-16/h2-13H,14H2,1H3,(H,24,27)(H,25,26). The van der Waals surface area contributed by atoms with Crippen LogP contribution in [0.1, 0.15) is 15.9 Å². The topological polar surface area (TPSA) is 67.4 Å². The quantitative estimate of drug-likeness (QED) is 0.573. The number of hydrogen-bond donors (Lipinski definition) is 2. The number of rotatable bonds is 6. The van der Waals surface area contributed by atoms with Crippen LogP contribution >= 0.6 is 15.9 Å². The van der Waals surface area contributed by atoms with Crippen LogP contribution in [0.2, 0.25) is 0 Å². The first-order chi connectivity index (χ1) is 13.5. The van der Waals surface area contributed by atoms with Crippen molar-refractivity contribution >= 4 is 33.4 Å². The van der Waals surface area contributed by atoms with Gasteiger partial charge in [-0.05, 0) is 61.0 Å². The number of benzene rings is 3. The van der Waals surface area contributed by atoms with Crippen molar-refractivity contribution in [2.75, 3.05) is 11.9 Å². The van der Waals surface area contributed by atoms with Crippen molar-refractivity contribution in [3.05, 3.63) is 88.4 Å². The number of nitrogens with one attached hydrogen (secondary N) is 2. The Bertz CT molecular complexity index is 987. The Hall–Kier alpha value is -3.12. The van der Waals surface area contributed by atoms with E-state index in [0.717, 1.165) is 10.0 Å². The number of hydrogen-bond acceptors (Lipinski definition) is 3. The molecule has 0 radical (unpaired) electrons. The van der Waals surface area contributed by atoms with Crippen molar-refractivity contribution in [3.8, 4) is 11.5 Å². The van der Waals surface area contributed by atoms with Crippen molar-refractivity contribution < 1.29 is 14.3 Å². The summed E-state index contributed by atoms with van der Waals surface area (Å²) < 4.78 is 6.77. The molecule has 2 N–H and O–H groups in total. The molecule has 0 bridgehead atoms. The fourth-order valence-corrected chi connectivity index (χ4v) is 2.79. The highest BCUT2D eigenvalue weighted by atomic mass is 79.9. The SMILES string of the molecule is Cc1cccc(Oc2ccccc2NC(=O)CNC(=O)c2ccc(Br)cc2)c1. The molecule has 3 aromatic rings. The molecule has 0 fully saturated rings. The second kappa shape index (κ2) is 9.19. The van der Waals surface area contributed by atoms with Crippen molar-refractivity contribution in [2.45, 2.75) is 6.92 Å². The van der Waals surface area contributed by atoms with E-state index in [2.05, 4.69) is 26.6 Å². The lowest BCUT2D eigenvalue weighted by Gasteiger charge is -2.13. The Morgan fingerprint density at radius 3 is 2.46 bits per heavy atom. The first kappa shape index (κ1) is 19.6. The van der Waals surface area contributed by atoms with E-state index in [-0.39, 0.29) is 18.4 Å². The van der Waals surface area contributed by atoms with Crippen molar-refractivity contribution in [1.29, 1.82) is 0 Å². The molecule has 3 rings (SSSR count). The van der Waals surface area contributed by atoms with Crippen molar-refractivity contribution in [1.82, 2.24) is 5.32 Å². The molecule has 5 nitrogen and oxygen atoms in total. The molecule has 0 saturated heterocycles. The summed E-state index contributed by atoms with van der Waals surface area (Å²) in [5, 5.41) is 5.38. The number of carbonyl (C=O) groups is 2. The third-order valence-corrected chi connectivity index (χ3v) is 4.42. The Balaban J connectivity index is 1.61. The highest BCUT2D eigenvalue weighted by molar-refractivity contribution is 9.10. The molecule has 0 unspecified atom stereocenters. The summed E-state index contributed by atoms with van der Waals surface area (Å²) in [6.07, 6.45) is 0. The van der Waals surface area contributed by atoms with Crippen LogP contribution in [-0.2, 0) is 4.79 Å². The van der Waals surface area contributed by atoms with Gasteiger partial charge in [-0.2, -0.15) is 0 Å². The molecule has 0 aliphatic carbocycles. The van der Waals surface area contributed by atoms with Gasteiger partial charge in [-0.25, -0.2) is 0 Å². The number of anilines is 1. The van der Waals surface area contributed by atoms with E-state index < -0.39 is 0 Å². The van der Waals surface area contributed by atoms with Crippen LogP contribution in [0.25, 0.3) is 0 Å². The molecule has 3 aromatic carbocycles. The van der Waals surface area contributed by atoms with E-state index in [4.69, 9.17) is 4.74 Å². The maximum absolute atomic E-state index is 12.3. The van der Waals surface area contributed by atoms with Gasteiger partial charge in [0.05, 0.1) is 12.2 Å². The van der Waals surface area contributed by atoms with Gasteiger partial charge < -0.3 is 15.4 Å². The molecule has 142 valence electrons. The van der Waals surface area contributed by atoms with Gasteiger partial charge in [0.25, 0.3) is 5.91 Å². The Morgan fingerprint density at radius 2 is 1.71 bits per heavy atom. The molecule has 2 amide bonds. The van der Waals surface area contributed by atoms with Crippen LogP contribution in [0, 0.1) is 6.92 Å². The van der Waals surface area contributed by atoms with Crippen LogP contribution in [0.3, 0.4) is 0 Å². The Kier molecular flexibility index (Phi) is 6.45. The first-order valence-electron chi connectivity index (χ1n) is 8.68. The molecule has 0 saturated carbocycles. The summed E-state index contributed by atoms with van der Waals surface area (Å²) in [5.74, 6) is 0.559. The Morgan fingerprint density at radius 1 is 0.964 bits per heavy atom. The third kappa shape index (κ3) is 5.44. The predicted octanol–water partition coefficient (Wildman–Crippen LogP) is 4.92. The summed E-state index contributed by atoms with van der Waals surface area (Å²) in [6, 6.07) is 21.7. The van der Waals surface area contributed by atoms with Crippen LogP contribution in [0.4, 0.5) is 5.69 Å². The predicted molar refractivity (Wildman–Crippen MR) is 113 cm³/mol. The molecule has 0 atom stereocenters. The van der Waals surface area contributed by atoms with Crippen LogP contribution in [0.5, 0.6) is 11.5 Å². The van der Waals surface area contributed by atoms with Crippen molar-refractivity contribution in [2.24, 2.45) is 0 Å². The highest BCUT2D eigenvalue weighted by Gasteiger charge is 2.11. The molecule has 6 heteroatoms. The normalized spacial score (nSPS) is 10.2. The summed E-state index contributed by atoms with van der Waals surface area (Å²) in [6.45, 7) is 1.84. The molecule has 28 heavy (non-hydrogen) atoms. The number of ether oxygens (including phenoxy) is 1. The van der Waals surface area contributed by atoms with E-state index in [9.17, 15) is 9.59 Å². The molecule has 0 spiro atoms.